The molecule has 5 heteroatoms. The van der Waals surface area contributed by atoms with Crippen LogP contribution in [0.3, 0.4) is 0 Å². The predicted octanol–water partition coefficient (Wildman–Crippen LogP) is 2.59. The highest BCUT2D eigenvalue weighted by atomic mass is 16.1. The number of amides is 1. The summed E-state index contributed by atoms with van der Waals surface area (Å²) in [5.74, 6) is -0.218. The molecule has 1 N–H and O–H groups in total. The Bertz CT molecular complexity index is 740. The van der Waals surface area contributed by atoms with E-state index in [1.807, 2.05) is 41.8 Å². The van der Waals surface area contributed by atoms with Gasteiger partial charge in [-0.1, -0.05) is 31.5 Å². The summed E-state index contributed by atoms with van der Waals surface area (Å²) in [5, 5.41) is 12.3. The van der Waals surface area contributed by atoms with Gasteiger partial charge < -0.3 is 14.8 Å². The molecule has 0 atom stereocenters. The minimum Gasteiger partial charge on any atom is -0.349 e. The van der Waals surface area contributed by atoms with Gasteiger partial charge in [-0.3, -0.25) is 4.79 Å². The quantitative estimate of drug-likeness (QED) is 0.851. The van der Waals surface area contributed by atoms with Crippen molar-refractivity contribution < 1.29 is 4.79 Å². The Kier molecular flexibility index (Phi) is 6.16. The Morgan fingerprint density at radius 3 is 2.71 bits per heavy atom. The molecule has 2 rings (SSSR count). The van der Waals surface area contributed by atoms with Gasteiger partial charge in [-0.15, -0.1) is 0 Å². The molecule has 0 aliphatic heterocycles. The van der Waals surface area contributed by atoms with Crippen LogP contribution in [0.2, 0.25) is 0 Å². The summed E-state index contributed by atoms with van der Waals surface area (Å²) < 4.78 is 1.83. The Labute approximate surface area is 143 Å². The molecular weight excluding hydrogens is 300 g/mol. The molecule has 0 saturated heterocycles. The van der Waals surface area contributed by atoms with Gasteiger partial charge in [0.05, 0.1) is 5.56 Å². The normalized spacial score (nSPS) is 10.6. The summed E-state index contributed by atoms with van der Waals surface area (Å²) in [7, 11) is 3.91. The molecule has 0 aliphatic rings. The molecule has 1 aromatic heterocycles. The van der Waals surface area contributed by atoms with Crippen molar-refractivity contribution in [2.75, 3.05) is 27.2 Å². The highest BCUT2D eigenvalue weighted by Crippen LogP contribution is 2.21. The molecule has 0 unspecified atom stereocenters. The maximum Gasteiger partial charge on any atom is 0.269 e. The molecule has 1 amide bonds. The number of para-hydroxylation sites is 1. The van der Waals surface area contributed by atoms with Gasteiger partial charge in [-0.05, 0) is 38.2 Å². The largest absolute Gasteiger partial charge is 0.349 e. The number of aromatic nitrogens is 1. The summed E-state index contributed by atoms with van der Waals surface area (Å²) in [6.07, 6.45) is 3.75. The molecule has 1 aromatic carbocycles. The molecule has 0 spiro atoms. The number of nitrogens with one attached hydrogen (secondary N) is 1. The van der Waals surface area contributed by atoms with Crippen molar-refractivity contribution in [3.05, 3.63) is 53.3 Å². The maximum atomic E-state index is 12.6. The van der Waals surface area contributed by atoms with E-state index in [1.54, 1.807) is 12.3 Å². The number of nitrogens with zero attached hydrogens (tertiary/aromatic N) is 3. The average Bonchev–Trinajstić information content (AvgIpc) is 2.99. The third-order valence-corrected chi connectivity index (χ3v) is 3.84. The van der Waals surface area contributed by atoms with Crippen LogP contribution in [0.1, 0.15) is 35.0 Å². The number of aryl methyl sites for hydroxylation is 1. The third kappa shape index (κ3) is 4.03. The summed E-state index contributed by atoms with van der Waals surface area (Å²) in [5.41, 5.74) is 2.92. The minimum atomic E-state index is -0.218. The first-order valence-electron chi connectivity index (χ1n) is 8.21. The second-order valence-corrected chi connectivity index (χ2v) is 6.00. The fourth-order valence-electron chi connectivity index (χ4n) is 2.66. The number of nitriles is 1. The fourth-order valence-corrected chi connectivity index (χ4v) is 2.66. The van der Waals surface area contributed by atoms with Crippen molar-refractivity contribution in [2.24, 2.45) is 0 Å². The summed E-state index contributed by atoms with van der Waals surface area (Å²) in [4.78, 5) is 14.6. The van der Waals surface area contributed by atoms with Gasteiger partial charge in [0, 0.05) is 25.0 Å². The smallest absolute Gasteiger partial charge is 0.269 e. The number of rotatable bonds is 7. The van der Waals surface area contributed by atoms with Crippen molar-refractivity contribution in [1.29, 1.82) is 5.26 Å². The zero-order valence-electron chi connectivity index (χ0n) is 14.5. The standard InChI is InChI=1S/C19H24N4O/c1-4-7-15-8-5-6-9-17(15)23-12-10-16(14-20)18(23)19(24)21-11-13-22(2)3/h5-6,8-10,12H,4,7,11,13H2,1-3H3,(H,21,24). The Balaban J connectivity index is 2.38. The van der Waals surface area contributed by atoms with E-state index < -0.39 is 0 Å². The lowest BCUT2D eigenvalue weighted by Crippen LogP contribution is -2.32. The lowest BCUT2D eigenvalue weighted by Gasteiger charge is -2.15. The van der Waals surface area contributed by atoms with E-state index in [0.29, 0.717) is 17.8 Å². The SMILES string of the molecule is CCCc1ccccc1-n1ccc(C#N)c1C(=O)NCCN(C)C. The molecule has 24 heavy (non-hydrogen) atoms. The van der Waals surface area contributed by atoms with Gasteiger partial charge in [0.15, 0.2) is 0 Å². The van der Waals surface area contributed by atoms with E-state index in [-0.39, 0.29) is 5.91 Å². The lowest BCUT2D eigenvalue weighted by atomic mass is 10.1. The molecule has 1 heterocycles. The predicted molar refractivity (Wildman–Crippen MR) is 95.4 cm³/mol. The van der Waals surface area contributed by atoms with Gasteiger partial charge in [0.25, 0.3) is 5.91 Å². The van der Waals surface area contributed by atoms with E-state index in [2.05, 4.69) is 24.4 Å². The Morgan fingerprint density at radius 1 is 1.29 bits per heavy atom. The van der Waals surface area contributed by atoms with E-state index in [1.165, 1.54) is 5.56 Å². The van der Waals surface area contributed by atoms with E-state index in [9.17, 15) is 10.1 Å². The number of carbonyl (C=O) groups excluding carboxylic acids is 1. The average molecular weight is 324 g/mol. The molecule has 2 aromatic rings. The van der Waals surface area contributed by atoms with Crippen LogP contribution >= 0.6 is 0 Å². The van der Waals surface area contributed by atoms with Crippen LogP contribution in [0.5, 0.6) is 0 Å². The number of carbonyl (C=O) groups is 1. The third-order valence-electron chi connectivity index (χ3n) is 3.84. The monoisotopic (exact) mass is 324 g/mol. The molecule has 0 bridgehead atoms. The first-order chi connectivity index (χ1) is 11.6. The van der Waals surface area contributed by atoms with Crippen LogP contribution in [0.15, 0.2) is 36.5 Å². The van der Waals surface area contributed by atoms with Gasteiger partial charge in [-0.25, -0.2) is 0 Å². The lowest BCUT2D eigenvalue weighted by molar-refractivity contribution is 0.0944. The summed E-state index contributed by atoms with van der Waals surface area (Å²) in [6, 6.07) is 11.8. The zero-order chi connectivity index (χ0) is 17.5. The number of likely N-dealkylation sites (N-methyl/N-ethyl adjacent to an activating group) is 1. The summed E-state index contributed by atoms with van der Waals surface area (Å²) >= 11 is 0. The van der Waals surface area contributed by atoms with Crippen LogP contribution in [-0.4, -0.2) is 42.6 Å². The minimum absolute atomic E-state index is 0.218. The van der Waals surface area contributed by atoms with E-state index in [0.717, 1.165) is 25.1 Å². The first kappa shape index (κ1) is 17.8. The van der Waals surface area contributed by atoms with Gasteiger partial charge >= 0.3 is 0 Å². The van der Waals surface area contributed by atoms with Crippen LogP contribution in [0.4, 0.5) is 0 Å². The van der Waals surface area contributed by atoms with Crippen molar-refractivity contribution in [1.82, 2.24) is 14.8 Å². The second-order valence-electron chi connectivity index (χ2n) is 6.00. The molecule has 126 valence electrons. The maximum absolute atomic E-state index is 12.6. The zero-order valence-corrected chi connectivity index (χ0v) is 14.5. The van der Waals surface area contributed by atoms with Crippen LogP contribution in [-0.2, 0) is 6.42 Å². The van der Waals surface area contributed by atoms with E-state index in [4.69, 9.17) is 0 Å². The second kappa shape index (κ2) is 8.32. The van der Waals surface area contributed by atoms with Crippen molar-refractivity contribution >= 4 is 5.91 Å². The molecule has 0 saturated carbocycles. The number of hydrogen-bond donors (Lipinski definition) is 1. The number of hydrogen-bond acceptors (Lipinski definition) is 3. The highest BCUT2D eigenvalue weighted by Gasteiger charge is 2.19. The Hall–Kier alpha value is -2.58. The van der Waals surface area contributed by atoms with Gasteiger partial charge in [-0.2, -0.15) is 5.26 Å². The number of benzene rings is 1. The van der Waals surface area contributed by atoms with Crippen LogP contribution in [0.25, 0.3) is 5.69 Å². The fraction of sp³-hybridized carbons (Fsp3) is 0.368. The van der Waals surface area contributed by atoms with E-state index >= 15 is 0 Å². The van der Waals surface area contributed by atoms with Crippen LogP contribution < -0.4 is 5.32 Å². The first-order valence-corrected chi connectivity index (χ1v) is 8.21. The van der Waals surface area contributed by atoms with Gasteiger partial charge in [0.1, 0.15) is 11.8 Å². The molecule has 5 nitrogen and oxygen atoms in total. The van der Waals surface area contributed by atoms with Crippen molar-refractivity contribution in [3.63, 3.8) is 0 Å². The molecule has 0 fully saturated rings. The van der Waals surface area contributed by atoms with Crippen molar-refractivity contribution in [3.8, 4) is 11.8 Å². The summed E-state index contributed by atoms with van der Waals surface area (Å²) in [6.45, 7) is 3.42. The topological polar surface area (TPSA) is 61.1 Å². The van der Waals surface area contributed by atoms with Crippen LogP contribution in [0, 0.1) is 11.3 Å². The highest BCUT2D eigenvalue weighted by molar-refractivity contribution is 5.96. The Morgan fingerprint density at radius 2 is 2.04 bits per heavy atom. The van der Waals surface area contributed by atoms with Gasteiger partial charge in [0.2, 0.25) is 0 Å². The van der Waals surface area contributed by atoms with Crippen molar-refractivity contribution in [2.45, 2.75) is 19.8 Å². The molecule has 0 aliphatic carbocycles. The molecular formula is C19H24N4O. The molecule has 0 radical (unpaired) electrons.